The van der Waals surface area contributed by atoms with E-state index in [1.165, 1.54) is 0 Å². The first-order valence-corrected chi connectivity index (χ1v) is 8.00. The van der Waals surface area contributed by atoms with Gasteiger partial charge in [0.25, 0.3) is 0 Å². The molecule has 118 valence electrons. The molecule has 0 bridgehead atoms. The molecule has 1 rings (SSSR count). The Labute approximate surface area is 124 Å². The predicted molar refractivity (Wildman–Crippen MR) is 82.6 cm³/mol. The van der Waals surface area contributed by atoms with Crippen molar-refractivity contribution in [2.24, 2.45) is 5.92 Å². The Kier molecular flexibility index (Phi) is 6.46. The van der Waals surface area contributed by atoms with E-state index >= 15 is 0 Å². The van der Waals surface area contributed by atoms with Crippen LogP contribution < -0.4 is 0 Å². The van der Waals surface area contributed by atoms with Crippen LogP contribution >= 0.6 is 0 Å². The Morgan fingerprint density at radius 3 is 1.85 bits per heavy atom. The van der Waals surface area contributed by atoms with Gasteiger partial charge in [0.1, 0.15) is 0 Å². The van der Waals surface area contributed by atoms with Crippen LogP contribution in [0.15, 0.2) is 0 Å². The number of nitrogens with zero attached hydrogens (tertiary/aromatic N) is 2. The first-order valence-electron chi connectivity index (χ1n) is 8.00. The maximum absolute atomic E-state index is 12.7. The number of hydrogen-bond donors (Lipinski definition) is 1. The fourth-order valence-corrected chi connectivity index (χ4v) is 3.27. The SMILES string of the molecule is CC(O)C1CCN(C(C)C(=O)N(C(C)C)C(C)C)CC1. The predicted octanol–water partition coefficient (Wildman–Crippen LogP) is 2.11. The van der Waals surface area contributed by atoms with Gasteiger partial charge in [0, 0.05) is 12.1 Å². The van der Waals surface area contributed by atoms with Crippen molar-refractivity contribution < 1.29 is 9.90 Å². The molecule has 0 aromatic rings. The van der Waals surface area contributed by atoms with Crippen LogP contribution in [0.5, 0.6) is 0 Å². The molecule has 1 saturated heterocycles. The highest BCUT2D eigenvalue weighted by atomic mass is 16.3. The van der Waals surface area contributed by atoms with Gasteiger partial charge < -0.3 is 10.0 Å². The summed E-state index contributed by atoms with van der Waals surface area (Å²) in [5, 5.41) is 9.65. The lowest BCUT2D eigenvalue weighted by Gasteiger charge is -2.40. The molecule has 1 fully saturated rings. The minimum Gasteiger partial charge on any atom is -0.393 e. The molecule has 0 radical (unpaired) electrons. The number of carbonyl (C=O) groups is 1. The summed E-state index contributed by atoms with van der Waals surface area (Å²) >= 11 is 0. The summed E-state index contributed by atoms with van der Waals surface area (Å²) < 4.78 is 0. The fourth-order valence-electron chi connectivity index (χ4n) is 3.27. The van der Waals surface area contributed by atoms with E-state index in [0.717, 1.165) is 25.9 Å². The number of aliphatic hydroxyl groups excluding tert-OH is 1. The molecule has 4 heteroatoms. The number of amides is 1. The van der Waals surface area contributed by atoms with Gasteiger partial charge in [0.05, 0.1) is 12.1 Å². The highest BCUT2D eigenvalue weighted by molar-refractivity contribution is 5.82. The molecular weight excluding hydrogens is 252 g/mol. The van der Waals surface area contributed by atoms with E-state index in [1.54, 1.807) is 0 Å². The van der Waals surface area contributed by atoms with Gasteiger partial charge in [-0.1, -0.05) is 0 Å². The van der Waals surface area contributed by atoms with E-state index in [-0.39, 0.29) is 30.1 Å². The molecule has 1 N–H and O–H groups in total. The molecule has 0 aromatic heterocycles. The van der Waals surface area contributed by atoms with Crippen LogP contribution in [-0.4, -0.2) is 58.1 Å². The van der Waals surface area contributed by atoms with Crippen molar-refractivity contribution in [3.8, 4) is 0 Å². The van der Waals surface area contributed by atoms with E-state index in [0.29, 0.717) is 5.92 Å². The minimum absolute atomic E-state index is 0.0604. The summed E-state index contributed by atoms with van der Waals surface area (Å²) in [7, 11) is 0. The largest absolute Gasteiger partial charge is 0.393 e. The lowest BCUT2D eigenvalue weighted by atomic mass is 9.91. The summed E-state index contributed by atoms with van der Waals surface area (Å²) in [5.74, 6) is 0.616. The van der Waals surface area contributed by atoms with Crippen molar-refractivity contribution in [3.63, 3.8) is 0 Å². The number of piperidine rings is 1. The van der Waals surface area contributed by atoms with Crippen LogP contribution in [0, 0.1) is 5.92 Å². The van der Waals surface area contributed by atoms with Crippen LogP contribution in [-0.2, 0) is 4.79 Å². The Bertz CT molecular complexity index is 300. The molecule has 2 atom stereocenters. The molecule has 20 heavy (non-hydrogen) atoms. The smallest absolute Gasteiger partial charge is 0.240 e. The lowest BCUT2D eigenvalue weighted by molar-refractivity contribution is -0.140. The summed E-state index contributed by atoms with van der Waals surface area (Å²) in [6.07, 6.45) is 1.74. The normalized spacial score (nSPS) is 21.2. The second kappa shape index (κ2) is 7.41. The average Bonchev–Trinajstić information content (AvgIpc) is 2.37. The molecule has 0 aromatic carbocycles. The van der Waals surface area contributed by atoms with Crippen LogP contribution in [0.3, 0.4) is 0 Å². The first-order chi connectivity index (χ1) is 9.25. The Hall–Kier alpha value is -0.610. The molecule has 0 aliphatic carbocycles. The summed E-state index contributed by atoms with van der Waals surface area (Å²) in [5.41, 5.74) is 0. The third kappa shape index (κ3) is 4.19. The second-order valence-electron chi connectivity index (χ2n) is 6.72. The van der Waals surface area contributed by atoms with Crippen LogP contribution in [0.2, 0.25) is 0 Å². The number of aliphatic hydroxyl groups is 1. The van der Waals surface area contributed by atoms with Gasteiger partial charge >= 0.3 is 0 Å². The van der Waals surface area contributed by atoms with E-state index in [1.807, 2.05) is 18.7 Å². The highest BCUT2D eigenvalue weighted by Gasteiger charge is 2.32. The zero-order valence-corrected chi connectivity index (χ0v) is 14.0. The van der Waals surface area contributed by atoms with Gasteiger partial charge in [-0.15, -0.1) is 0 Å². The van der Waals surface area contributed by atoms with Gasteiger partial charge in [-0.3, -0.25) is 9.69 Å². The zero-order chi connectivity index (χ0) is 15.4. The molecule has 1 aliphatic rings. The van der Waals surface area contributed by atoms with Crippen molar-refractivity contribution in [2.45, 2.75) is 78.6 Å². The third-order valence-corrected chi connectivity index (χ3v) is 4.53. The highest BCUT2D eigenvalue weighted by Crippen LogP contribution is 2.23. The molecule has 0 saturated carbocycles. The van der Waals surface area contributed by atoms with Gasteiger partial charge in [-0.2, -0.15) is 0 Å². The topological polar surface area (TPSA) is 43.8 Å². The molecular formula is C16H32N2O2. The molecule has 2 unspecified atom stereocenters. The van der Waals surface area contributed by atoms with Crippen molar-refractivity contribution in [2.75, 3.05) is 13.1 Å². The Morgan fingerprint density at radius 2 is 1.50 bits per heavy atom. The average molecular weight is 284 g/mol. The monoisotopic (exact) mass is 284 g/mol. The van der Waals surface area contributed by atoms with Gasteiger partial charge in [0.2, 0.25) is 5.91 Å². The summed E-state index contributed by atoms with van der Waals surface area (Å²) in [6, 6.07) is 0.412. The van der Waals surface area contributed by atoms with E-state index < -0.39 is 0 Å². The van der Waals surface area contributed by atoms with Gasteiger partial charge in [-0.25, -0.2) is 0 Å². The number of hydrogen-bond acceptors (Lipinski definition) is 3. The van der Waals surface area contributed by atoms with Crippen molar-refractivity contribution in [1.82, 2.24) is 9.80 Å². The van der Waals surface area contributed by atoms with Crippen molar-refractivity contribution in [3.05, 3.63) is 0 Å². The molecule has 4 nitrogen and oxygen atoms in total. The maximum atomic E-state index is 12.7. The van der Waals surface area contributed by atoms with Gasteiger partial charge in [0.15, 0.2) is 0 Å². The molecule has 1 aliphatic heterocycles. The quantitative estimate of drug-likeness (QED) is 0.841. The fraction of sp³-hybridized carbons (Fsp3) is 0.938. The van der Waals surface area contributed by atoms with Crippen molar-refractivity contribution in [1.29, 1.82) is 0 Å². The minimum atomic E-state index is -0.231. The lowest BCUT2D eigenvalue weighted by Crippen LogP contribution is -2.53. The molecule has 0 spiro atoms. The van der Waals surface area contributed by atoms with E-state index in [9.17, 15) is 9.90 Å². The van der Waals surface area contributed by atoms with Crippen LogP contribution in [0.1, 0.15) is 54.4 Å². The maximum Gasteiger partial charge on any atom is 0.240 e. The Morgan fingerprint density at radius 1 is 1.05 bits per heavy atom. The Balaban J connectivity index is 2.62. The van der Waals surface area contributed by atoms with E-state index in [2.05, 4.69) is 32.6 Å². The first kappa shape index (κ1) is 17.4. The van der Waals surface area contributed by atoms with Crippen LogP contribution in [0.4, 0.5) is 0 Å². The number of carbonyl (C=O) groups excluding carboxylic acids is 1. The van der Waals surface area contributed by atoms with Crippen molar-refractivity contribution >= 4 is 5.91 Å². The summed E-state index contributed by atoms with van der Waals surface area (Å²) in [4.78, 5) is 16.9. The third-order valence-electron chi connectivity index (χ3n) is 4.53. The second-order valence-corrected chi connectivity index (χ2v) is 6.72. The van der Waals surface area contributed by atoms with E-state index in [4.69, 9.17) is 0 Å². The molecule has 1 heterocycles. The number of likely N-dealkylation sites (tertiary alicyclic amines) is 1. The molecule has 1 amide bonds. The van der Waals surface area contributed by atoms with Crippen LogP contribution in [0.25, 0.3) is 0 Å². The van der Waals surface area contributed by atoms with Gasteiger partial charge in [-0.05, 0) is 73.4 Å². The summed E-state index contributed by atoms with van der Waals surface area (Å²) in [6.45, 7) is 14.0. The zero-order valence-electron chi connectivity index (χ0n) is 14.0. The standard InChI is InChI=1S/C16H32N2O2/c1-11(2)18(12(3)4)16(20)13(5)17-9-7-15(8-10-17)14(6)19/h11-15,19H,7-10H2,1-6H3. The number of rotatable bonds is 5.